The molecule has 1 aromatic rings. The number of rotatable bonds is 6. The fourth-order valence-electron chi connectivity index (χ4n) is 1.68. The van der Waals surface area contributed by atoms with Gasteiger partial charge in [0.25, 0.3) is 0 Å². The molecule has 2 nitrogen and oxygen atoms in total. The van der Waals surface area contributed by atoms with Crippen LogP contribution in [0.15, 0.2) is 18.2 Å². The standard InChI is InChI=1S/C13H20ClNO/c1-4-5-10(2)15-9-11-6-7-12(14)8-13(11)16-3/h6-8,10,15H,4-5,9H2,1-3H3. The van der Waals surface area contributed by atoms with Gasteiger partial charge in [-0.3, -0.25) is 0 Å². The minimum atomic E-state index is 0.533. The second-order valence-corrected chi connectivity index (χ2v) is 4.46. The van der Waals surface area contributed by atoms with Gasteiger partial charge in [-0.05, 0) is 25.5 Å². The largest absolute Gasteiger partial charge is 0.496 e. The molecule has 16 heavy (non-hydrogen) atoms. The van der Waals surface area contributed by atoms with Crippen LogP contribution in [0.1, 0.15) is 32.3 Å². The van der Waals surface area contributed by atoms with Crippen LogP contribution >= 0.6 is 11.6 Å². The lowest BCUT2D eigenvalue weighted by molar-refractivity contribution is 0.404. The average molecular weight is 242 g/mol. The van der Waals surface area contributed by atoms with Gasteiger partial charge in [-0.25, -0.2) is 0 Å². The predicted octanol–water partition coefficient (Wildman–Crippen LogP) is 3.63. The molecule has 0 saturated carbocycles. The van der Waals surface area contributed by atoms with Crippen molar-refractivity contribution < 1.29 is 4.74 Å². The Morgan fingerprint density at radius 1 is 1.44 bits per heavy atom. The Morgan fingerprint density at radius 3 is 2.81 bits per heavy atom. The second-order valence-electron chi connectivity index (χ2n) is 4.03. The quantitative estimate of drug-likeness (QED) is 0.821. The van der Waals surface area contributed by atoms with Crippen molar-refractivity contribution in [3.63, 3.8) is 0 Å². The Hall–Kier alpha value is -0.730. The molecule has 0 aliphatic rings. The smallest absolute Gasteiger partial charge is 0.124 e. The van der Waals surface area contributed by atoms with Crippen molar-refractivity contribution >= 4 is 11.6 Å². The van der Waals surface area contributed by atoms with E-state index in [1.54, 1.807) is 7.11 Å². The van der Waals surface area contributed by atoms with Crippen molar-refractivity contribution in [3.8, 4) is 5.75 Å². The first-order valence-electron chi connectivity index (χ1n) is 5.73. The number of halogens is 1. The summed E-state index contributed by atoms with van der Waals surface area (Å²) in [5.41, 5.74) is 1.15. The van der Waals surface area contributed by atoms with Gasteiger partial charge >= 0.3 is 0 Å². The van der Waals surface area contributed by atoms with Gasteiger partial charge in [0.1, 0.15) is 5.75 Å². The lowest BCUT2D eigenvalue weighted by atomic mass is 10.1. The number of hydrogen-bond donors (Lipinski definition) is 1. The van der Waals surface area contributed by atoms with Crippen LogP contribution in [0.25, 0.3) is 0 Å². The van der Waals surface area contributed by atoms with Crippen LogP contribution in [0.2, 0.25) is 5.02 Å². The van der Waals surface area contributed by atoms with E-state index in [2.05, 4.69) is 19.2 Å². The first-order chi connectivity index (χ1) is 7.67. The maximum Gasteiger partial charge on any atom is 0.124 e. The monoisotopic (exact) mass is 241 g/mol. The van der Waals surface area contributed by atoms with E-state index in [4.69, 9.17) is 16.3 Å². The Bertz CT molecular complexity index is 328. The molecular weight excluding hydrogens is 222 g/mol. The highest BCUT2D eigenvalue weighted by Gasteiger charge is 2.05. The average Bonchev–Trinajstić information content (AvgIpc) is 2.27. The van der Waals surface area contributed by atoms with E-state index < -0.39 is 0 Å². The Labute approximate surface area is 103 Å². The molecule has 1 unspecified atom stereocenters. The van der Waals surface area contributed by atoms with Gasteiger partial charge in [-0.2, -0.15) is 0 Å². The number of ether oxygens (including phenoxy) is 1. The van der Waals surface area contributed by atoms with Crippen LogP contribution in [0.3, 0.4) is 0 Å². The minimum Gasteiger partial charge on any atom is -0.496 e. The minimum absolute atomic E-state index is 0.533. The van der Waals surface area contributed by atoms with Crippen molar-refractivity contribution in [1.82, 2.24) is 5.32 Å². The number of methoxy groups -OCH3 is 1. The molecule has 1 rings (SSSR count). The molecule has 0 aliphatic carbocycles. The molecule has 0 spiro atoms. The summed E-state index contributed by atoms with van der Waals surface area (Å²) >= 11 is 5.91. The first-order valence-corrected chi connectivity index (χ1v) is 6.11. The van der Waals surface area contributed by atoms with Crippen molar-refractivity contribution in [2.75, 3.05) is 7.11 Å². The molecule has 1 atom stereocenters. The van der Waals surface area contributed by atoms with Crippen molar-refractivity contribution in [2.24, 2.45) is 0 Å². The van der Waals surface area contributed by atoms with Gasteiger partial charge in [0.05, 0.1) is 7.11 Å². The summed E-state index contributed by atoms with van der Waals surface area (Å²) in [5.74, 6) is 0.851. The molecule has 0 aromatic heterocycles. The van der Waals surface area contributed by atoms with Gasteiger partial charge in [-0.15, -0.1) is 0 Å². The molecule has 0 aliphatic heterocycles. The third-order valence-corrected chi connectivity index (χ3v) is 2.85. The van der Waals surface area contributed by atoms with Gasteiger partial charge in [-0.1, -0.05) is 31.0 Å². The molecule has 0 saturated heterocycles. The van der Waals surface area contributed by atoms with E-state index in [0.29, 0.717) is 11.1 Å². The molecule has 0 fully saturated rings. The molecule has 0 bridgehead atoms. The highest BCUT2D eigenvalue weighted by Crippen LogP contribution is 2.23. The topological polar surface area (TPSA) is 21.3 Å². The highest BCUT2D eigenvalue weighted by molar-refractivity contribution is 6.30. The van der Waals surface area contributed by atoms with E-state index in [1.165, 1.54) is 12.8 Å². The van der Waals surface area contributed by atoms with Crippen LogP contribution in [0.5, 0.6) is 5.75 Å². The first kappa shape index (κ1) is 13.3. The highest BCUT2D eigenvalue weighted by atomic mass is 35.5. The van der Waals surface area contributed by atoms with Crippen LogP contribution in [0, 0.1) is 0 Å². The Morgan fingerprint density at radius 2 is 2.19 bits per heavy atom. The van der Waals surface area contributed by atoms with Gasteiger partial charge in [0.15, 0.2) is 0 Å². The zero-order valence-corrected chi connectivity index (χ0v) is 11.0. The fourth-order valence-corrected chi connectivity index (χ4v) is 1.85. The van der Waals surface area contributed by atoms with E-state index in [1.807, 2.05) is 18.2 Å². The van der Waals surface area contributed by atoms with E-state index in [9.17, 15) is 0 Å². The van der Waals surface area contributed by atoms with Crippen LogP contribution in [-0.4, -0.2) is 13.2 Å². The van der Waals surface area contributed by atoms with Crippen LogP contribution < -0.4 is 10.1 Å². The van der Waals surface area contributed by atoms with E-state index in [-0.39, 0.29) is 0 Å². The number of hydrogen-bond acceptors (Lipinski definition) is 2. The summed E-state index contributed by atoms with van der Waals surface area (Å²) in [4.78, 5) is 0. The van der Waals surface area contributed by atoms with E-state index in [0.717, 1.165) is 17.9 Å². The molecule has 0 radical (unpaired) electrons. The number of nitrogens with one attached hydrogen (secondary N) is 1. The molecular formula is C13H20ClNO. The Kier molecular flexibility index (Phi) is 5.64. The van der Waals surface area contributed by atoms with Crippen molar-refractivity contribution in [2.45, 2.75) is 39.3 Å². The normalized spacial score (nSPS) is 12.5. The van der Waals surface area contributed by atoms with Crippen molar-refractivity contribution in [1.29, 1.82) is 0 Å². The van der Waals surface area contributed by atoms with Gasteiger partial charge < -0.3 is 10.1 Å². The van der Waals surface area contributed by atoms with E-state index >= 15 is 0 Å². The van der Waals surface area contributed by atoms with Gasteiger partial charge in [0.2, 0.25) is 0 Å². The predicted molar refractivity (Wildman–Crippen MR) is 69.2 cm³/mol. The maximum absolute atomic E-state index is 5.91. The molecule has 90 valence electrons. The maximum atomic E-state index is 5.91. The lowest BCUT2D eigenvalue weighted by Crippen LogP contribution is -2.25. The molecule has 0 amide bonds. The summed E-state index contributed by atoms with van der Waals surface area (Å²) in [6, 6.07) is 6.28. The SMILES string of the molecule is CCCC(C)NCc1ccc(Cl)cc1OC. The zero-order valence-electron chi connectivity index (χ0n) is 10.2. The van der Waals surface area contributed by atoms with Crippen molar-refractivity contribution in [3.05, 3.63) is 28.8 Å². The summed E-state index contributed by atoms with van der Waals surface area (Å²) < 4.78 is 5.29. The molecule has 0 heterocycles. The van der Waals surface area contributed by atoms with Crippen LogP contribution in [-0.2, 0) is 6.54 Å². The van der Waals surface area contributed by atoms with Crippen LogP contribution in [0.4, 0.5) is 0 Å². The fraction of sp³-hybridized carbons (Fsp3) is 0.538. The second kappa shape index (κ2) is 6.77. The Balaban J connectivity index is 2.59. The summed E-state index contributed by atoms with van der Waals surface area (Å²) in [6.45, 7) is 5.22. The summed E-state index contributed by atoms with van der Waals surface area (Å²) in [6.07, 6.45) is 2.39. The third kappa shape index (κ3) is 4.03. The zero-order chi connectivity index (χ0) is 12.0. The molecule has 3 heteroatoms. The lowest BCUT2D eigenvalue weighted by Gasteiger charge is -2.14. The third-order valence-electron chi connectivity index (χ3n) is 2.61. The van der Waals surface area contributed by atoms with Gasteiger partial charge in [0, 0.05) is 23.2 Å². The molecule has 1 aromatic carbocycles. The summed E-state index contributed by atoms with van der Waals surface area (Å²) in [7, 11) is 1.67. The number of benzene rings is 1. The molecule has 1 N–H and O–H groups in total. The summed E-state index contributed by atoms with van der Waals surface area (Å²) in [5, 5.41) is 4.18.